The lowest BCUT2D eigenvalue weighted by Gasteiger charge is -2.36. The Labute approximate surface area is 99.5 Å². The first-order valence-electron chi connectivity index (χ1n) is 6.04. The molecule has 2 nitrogen and oxygen atoms in total. The fourth-order valence-electron chi connectivity index (χ4n) is 1.66. The molecule has 0 saturated carbocycles. The van der Waals surface area contributed by atoms with Gasteiger partial charge in [-0.3, -0.25) is 0 Å². The van der Waals surface area contributed by atoms with E-state index in [-0.39, 0.29) is 5.54 Å². The average Bonchev–Trinajstić information content (AvgIpc) is 2.29. The lowest BCUT2D eigenvalue weighted by atomic mass is 10.0. The maximum Gasteiger partial charge on any atom is 0.0464 e. The minimum absolute atomic E-state index is 0.00622. The van der Waals surface area contributed by atoms with Crippen molar-refractivity contribution in [3.8, 4) is 0 Å². The summed E-state index contributed by atoms with van der Waals surface area (Å²) in [6.45, 7) is 7.18. The van der Waals surface area contributed by atoms with Gasteiger partial charge in [0.25, 0.3) is 0 Å². The molecule has 90 valence electrons. The van der Waals surface area contributed by atoms with E-state index in [0.29, 0.717) is 6.54 Å². The van der Waals surface area contributed by atoms with E-state index in [9.17, 15) is 0 Å². The molecule has 1 rings (SSSR count). The van der Waals surface area contributed by atoms with Crippen LogP contribution >= 0.6 is 0 Å². The molecule has 16 heavy (non-hydrogen) atoms. The Morgan fingerprint density at radius 3 is 2.19 bits per heavy atom. The van der Waals surface area contributed by atoms with E-state index in [1.165, 1.54) is 17.7 Å². The number of hydrogen-bond acceptors (Lipinski definition) is 2. The van der Waals surface area contributed by atoms with Crippen LogP contribution in [0, 0.1) is 0 Å². The fourth-order valence-corrected chi connectivity index (χ4v) is 1.66. The van der Waals surface area contributed by atoms with Gasteiger partial charge in [-0.25, -0.2) is 0 Å². The highest BCUT2D eigenvalue weighted by Crippen LogP contribution is 2.22. The van der Waals surface area contributed by atoms with Crippen molar-refractivity contribution >= 4 is 5.69 Å². The molecule has 1 aromatic rings. The maximum absolute atomic E-state index is 5.78. The first kappa shape index (κ1) is 13.0. The van der Waals surface area contributed by atoms with Crippen molar-refractivity contribution < 1.29 is 0 Å². The summed E-state index contributed by atoms with van der Waals surface area (Å²) in [6, 6.07) is 8.79. The molecule has 0 aromatic heterocycles. The van der Waals surface area contributed by atoms with Gasteiger partial charge in [-0.15, -0.1) is 0 Å². The summed E-state index contributed by atoms with van der Waals surface area (Å²) >= 11 is 0. The number of nitrogens with two attached hydrogens (primary N) is 1. The third-order valence-electron chi connectivity index (χ3n) is 3.27. The van der Waals surface area contributed by atoms with Crippen LogP contribution < -0.4 is 10.6 Å². The molecule has 0 amide bonds. The number of anilines is 1. The van der Waals surface area contributed by atoms with Crippen LogP contribution in [0.25, 0.3) is 0 Å². The Morgan fingerprint density at radius 1 is 1.19 bits per heavy atom. The van der Waals surface area contributed by atoms with Gasteiger partial charge < -0.3 is 10.6 Å². The first-order valence-corrected chi connectivity index (χ1v) is 6.04. The summed E-state index contributed by atoms with van der Waals surface area (Å²) in [4.78, 5) is 2.24. The van der Waals surface area contributed by atoms with Crippen molar-refractivity contribution in [2.75, 3.05) is 18.5 Å². The van der Waals surface area contributed by atoms with Gasteiger partial charge in [0.15, 0.2) is 0 Å². The zero-order valence-corrected chi connectivity index (χ0v) is 11.0. The van der Waals surface area contributed by atoms with E-state index in [4.69, 9.17) is 5.73 Å². The smallest absolute Gasteiger partial charge is 0.0464 e. The Balaban J connectivity index is 2.81. The number of rotatable bonds is 5. The number of hydrogen-bond donors (Lipinski definition) is 1. The first-order chi connectivity index (χ1) is 7.51. The summed E-state index contributed by atoms with van der Waals surface area (Å²) in [7, 11) is 2.10. The van der Waals surface area contributed by atoms with E-state index in [1.54, 1.807) is 0 Å². The Kier molecular flexibility index (Phi) is 4.36. The second kappa shape index (κ2) is 5.35. The topological polar surface area (TPSA) is 29.3 Å². The number of benzene rings is 1. The highest BCUT2D eigenvalue weighted by molar-refractivity contribution is 5.49. The summed E-state index contributed by atoms with van der Waals surface area (Å²) in [5, 5.41) is 0. The van der Waals surface area contributed by atoms with Crippen LogP contribution in [0.5, 0.6) is 0 Å². The van der Waals surface area contributed by atoms with E-state index >= 15 is 0 Å². The van der Waals surface area contributed by atoms with Crippen molar-refractivity contribution in [3.63, 3.8) is 0 Å². The molecule has 0 unspecified atom stereocenters. The lowest BCUT2D eigenvalue weighted by molar-refractivity contribution is 0.498. The van der Waals surface area contributed by atoms with Gasteiger partial charge in [0, 0.05) is 24.8 Å². The molecule has 2 heteroatoms. The summed E-state index contributed by atoms with van der Waals surface area (Å²) in [6.07, 6.45) is 2.35. The van der Waals surface area contributed by atoms with Crippen LogP contribution in [0.3, 0.4) is 0 Å². The molecule has 0 radical (unpaired) electrons. The van der Waals surface area contributed by atoms with E-state index < -0.39 is 0 Å². The van der Waals surface area contributed by atoms with Crippen LogP contribution in [-0.2, 0) is 6.42 Å². The summed E-state index contributed by atoms with van der Waals surface area (Å²) < 4.78 is 0. The SMILES string of the molecule is CCCc1ccc(N(C)C(C)(C)CN)cc1. The predicted molar refractivity (Wildman–Crippen MR) is 72.0 cm³/mol. The van der Waals surface area contributed by atoms with Gasteiger partial charge in [-0.1, -0.05) is 25.5 Å². The molecule has 2 N–H and O–H groups in total. The predicted octanol–water partition coefficient (Wildman–Crippen LogP) is 2.81. The Morgan fingerprint density at radius 2 is 1.75 bits per heavy atom. The van der Waals surface area contributed by atoms with Gasteiger partial charge in [0.05, 0.1) is 0 Å². The second-order valence-corrected chi connectivity index (χ2v) is 4.99. The Hall–Kier alpha value is -1.02. The van der Waals surface area contributed by atoms with Gasteiger partial charge in [0.1, 0.15) is 0 Å². The molecule has 0 atom stereocenters. The quantitative estimate of drug-likeness (QED) is 0.826. The molecular weight excluding hydrogens is 196 g/mol. The fraction of sp³-hybridized carbons (Fsp3) is 0.571. The van der Waals surface area contributed by atoms with Crippen molar-refractivity contribution in [2.45, 2.75) is 39.2 Å². The van der Waals surface area contributed by atoms with Gasteiger partial charge in [-0.2, -0.15) is 0 Å². The maximum atomic E-state index is 5.78. The second-order valence-electron chi connectivity index (χ2n) is 4.99. The monoisotopic (exact) mass is 220 g/mol. The van der Waals surface area contributed by atoms with Gasteiger partial charge >= 0.3 is 0 Å². The van der Waals surface area contributed by atoms with Crippen molar-refractivity contribution in [3.05, 3.63) is 29.8 Å². The zero-order valence-electron chi connectivity index (χ0n) is 11.0. The third-order valence-corrected chi connectivity index (χ3v) is 3.27. The van der Waals surface area contributed by atoms with Crippen molar-refractivity contribution in [1.29, 1.82) is 0 Å². The molecule has 1 aromatic carbocycles. The van der Waals surface area contributed by atoms with Gasteiger partial charge in [0.2, 0.25) is 0 Å². The largest absolute Gasteiger partial charge is 0.368 e. The molecule has 0 bridgehead atoms. The van der Waals surface area contributed by atoms with Crippen molar-refractivity contribution in [2.24, 2.45) is 5.73 Å². The molecule has 0 saturated heterocycles. The average molecular weight is 220 g/mol. The van der Waals surface area contributed by atoms with E-state index in [1.807, 2.05) is 0 Å². The number of likely N-dealkylation sites (N-methyl/N-ethyl adjacent to an activating group) is 1. The van der Waals surface area contributed by atoms with E-state index in [2.05, 4.69) is 57.0 Å². The Bertz CT molecular complexity index is 314. The van der Waals surface area contributed by atoms with Crippen LogP contribution in [0.1, 0.15) is 32.8 Å². The van der Waals surface area contributed by atoms with Crippen LogP contribution in [-0.4, -0.2) is 19.1 Å². The summed E-state index contributed by atoms with van der Waals surface area (Å²) in [5.74, 6) is 0. The minimum atomic E-state index is 0.00622. The van der Waals surface area contributed by atoms with Crippen LogP contribution in [0.2, 0.25) is 0 Å². The van der Waals surface area contributed by atoms with Crippen molar-refractivity contribution in [1.82, 2.24) is 0 Å². The molecule has 0 aliphatic carbocycles. The summed E-state index contributed by atoms with van der Waals surface area (Å²) in [5.41, 5.74) is 8.43. The third kappa shape index (κ3) is 2.99. The molecule has 0 fully saturated rings. The van der Waals surface area contributed by atoms with Gasteiger partial charge in [-0.05, 0) is 38.0 Å². The molecule has 0 aliphatic heterocycles. The van der Waals surface area contributed by atoms with Crippen LogP contribution in [0.4, 0.5) is 5.69 Å². The molecular formula is C14H24N2. The van der Waals surface area contributed by atoms with Crippen LogP contribution in [0.15, 0.2) is 24.3 Å². The number of aryl methyl sites for hydroxylation is 1. The highest BCUT2D eigenvalue weighted by Gasteiger charge is 2.21. The molecule has 0 heterocycles. The van der Waals surface area contributed by atoms with E-state index in [0.717, 1.165) is 6.42 Å². The molecule has 0 spiro atoms. The molecule has 0 aliphatic rings. The standard InChI is InChI=1S/C14H24N2/c1-5-6-12-7-9-13(10-8-12)16(4)14(2,3)11-15/h7-10H,5-6,11,15H2,1-4H3. The lowest BCUT2D eigenvalue weighted by Crippen LogP contribution is -2.47. The highest BCUT2D eigenvalue weighted by atomic mass is 15.2. The normalized spacial score (nSPS) is 11.6. The minimum Gasteiger partial charge on any atom is -0.368 e. The number of nitrogens with zero attached hydrogens (tertiary/aromatic N) is 1. The zero-order chi connectivity index (χ0) is 12.2.